The summed E-state index contributed by atoms with van der Waals surface area (Å²) >= 11 is 0. The first-order valence-electron chi connectivity index (χ1n) is 9.63. The number of ether oxygens (including phenoxy) is 2. The van der Waals surface area contributed by atoms with Gasteiger partial charge in [-0.1, -0.05) is 18.2 Å². The Morgan fingerprint density at radius 2 is 1.79 bits per heavy atom. The number of benzene rings is 2. The number of hydrogen-bond donors (Lipinski definition) is 0. The summed E-state index contributed by atoms with van der Waals surface area (Å²) in [5.41, 5.74) is 3.93. The molecule has 1 saturated heterocycles. The summed E-state index contributed by atoms with van der Waals surface area (Å²) in [6.07, 6.45) is 4.34. The van der Waals surface area contributed by atoms with E-state index in [-0.39, 0.29) is 6.79 Å². The second kappa shape index (κ2) is 7.03. The predicted octanol–water partition coefficient (Wildman–Crippen LogP) is 4.26. The van der Waals surface area contributed by atoms with Crippen LogP contribution in [-0.2, 0) is 0 Å². The standard InChI is InChI=1S/C22H22N4O2/c1-16-19(14-23-17-9-10-20-21(13-17)28-15-27-20)22(25-11-5-6-12-25)26(24-16)18-7-3-2-4-8-18/h2-4,7-10,13-14H,5-6,11-12,15H2,1H3. The minimum absolute atomic E-state index is 0.268. The Hall–Kier alpha value is -3.28. The Bertz CT molecular complexity index is 1020. The van der Waals surface area contributed by atoms with E-state index in [0.717, 1.165) is 53.0 Å². The van der Waals surface area contributed by atoms with E-state index in [2.05, 4.69) is 17.0 Å². The molecule has 1 fully saturated rings. The van der Waals surface area contributed by atoms with Crippen molar-refractivity contribution in [3.8, 4) is 17.2 Å². The molecule has 2 aliphatic heterocycles. The Labute approximate surface area is 164 Å². The number of aryl methyl sites for hydroxylation is 1. The average molecular weight is 374 g/mol. The second-order valence-electron chi connectivity index (χ2n) is 7.06. The summed E-state index contributed by atoms with van der Waals surface area (Å²) in [6, 6.07) is 16.0. The molecule has 0 atom stereocenters. The van der Waals surface area contributed by atoms with Gasteiger partial charge in [0.1, 0.15) is 5.82 Å². The van der Waals surface area contributed by atoms with Gasteiger partial charge in [0.05, 0.1) is 22.6 Å². The monoisotopic (exact) mass is 374 g/mol. The van der Waals surface area contributed by atoms with Crippen molar-refractivity contribution in [2.75, 3.05) is 24.8 Å². The molecular weight excluding hydrogens is 352 g/mol. The van der Waals surface area contributed by atoms with Gasteiger partial charge in [0.15, 0.2) is 11.5 Å². The van der Waals surface area contributed by atoms with Crippen LogP contribution in [0, 0.1) is 6.92 Å². The molecule has 2 aliphatic rings. The van der Waals surface area contributed by atoms with Gasteiger partial charge in [-0.15, -0.1) is 0 Å². The normalized spacial score (nSPS) is 15.7. The number of fused-ring (bicyclic) bond motifs is 1. The van der Waals surface area contributed by atoms with Gasteiger partial charge < -0.3 is 14.4 Å². The third-order valence-corrected chi connectivity index (χ3v) is 5.19. The van der Waals surface area contributed by atoms with Crippen molar-refractivity contribution in [2.45, 2.75) is 19.8 Å². The Balaban J connectivity index is 1.56. The molecule has 2 aromatic carbocycles. The van der Waals surface area contributed by atoms with Crippen LogP contribution < -0.4 is 14.4 Å². The van der Waals surface area contributed by atoms with E-state index in [1.807, 2.05) is 54.2 Å². The molecule has 0 radical (unpaired) electrons. The van der Waals surface area contributed by atoms with E-state index in [9.17, 15) is 0 Å². The van der Waals surface area contributed by atoms with Crippen LogP contribution in [0.1, 0.15) is 24.1 Å². The van der Waals surface area contributed by atoms with E-state index in [1.165, 1.54) is 12.8 Å². The zero-order valence-corrected chi connectivity index (χ0v) is 15.8. The lowest BCUT2D eigenvalue weighted by Gasteiger charge is -2.20. The van der Waals surface area contributed by atoms with Crippen molar-refractivity contribution >= 4 is 17.7 Å². The van der Waals surface area contributed by atoms with Crippen LogP contribution in [0.4, 0.5) is 11.5 Å². The zero-order valence-electron chi connectivity index (χ0n) is 15.8. The van der Waals surface area contributed by atoms with Crippen LogP contribution in [-0.4, -0.2) is 35.9 Å². The van der Waals surface area contributed by atoms with Gasteiger partial charge in [-0.05, 0) is 44.0 Å². The average Bonchev–Trinajstić information content (AvgIpc) is 3.46. The number of nitrogens with zero attached hydrogens (tertiary/aromatic N) is 4. The van der Waals surface area contributed by atoms with E-state index in [1.54, 1.807) is 0 Å². The maximum Gasteiger partial charge on any atom is 0.231 e. The third kappa shape index (κ3) is 3.01. The lowest BCUT2D eigenvalue weighted by atomic mass is 10.2. The highest BCUT2D eigenvalue weighted by molar-refractivity contribution is 5.90. The van der Waals surface area contributed by atoms with Crippen LogP contribution in [0.15, 0.2) is 53.5 Å². The fraction of sp³-hybridized carbons (Fsp3) is 0.273. The quantitative estimate of drug-likeness (QED) is 0.640. The van der Waals surface area contributed by atoms with Crippen molar-refractivity contribution in [1.82, 2.24) is 9.78 Å². The molecule has 28 heavy (non-hydrogen) atoms. The molecular formula is C22H22N4O2. The molecule has 3 aromatic rings. The van der Waals surface area contributed by atoms with Gasteiger partial charge >= 0.3 is 0 Å². The van der Waals surface area contributed by atoms with Crippen LogP contribution in [0.3, 0.4) is 0 Å². The van der Waals surface area contributed by atoms with Crippen molar-refractivity contribution in [2.24, 2.45) is 4.99 Å². The summed E-state index contributed by atoms with van der Waals surface area (Å²) in [7, 11) is 0. The Kier molecular flexibility index (Phi) is 4.24. The topological polar surface area (TPSA) is 51.9 Å². The van der Waals surface area contributed by atoms with E-state index < -0.39 is 0 Å². The molecule has 6 heteroatoms. The summed E-state index contributed by atoms with van der Waals surface area (Å²) in [6.45, 7) is 4.40. The van der Waals surface area contributed by atoms with Crippen LogP contribution >= 0.6 is 0 Å². The van der Waals surface area contributed by atoms with Crippen molar-refractivity contribution in [3.63, 3.8) is 0 Å². The number of para-hydroxylation sites is 1. The summed E-state index contributed by atoms with van der Waals surface area (Å²) in [5.74, 6) is 2.63. The van der Waals surface area contributed by atoms with Gasteiger partial charge in [-0.25, -0.2) is 4.68 Å². The summed E-state index contributed by atoms with van der Waals surface area (Å²) < 4.78 is 12.9. The van der Waals surface area contributed by atoms with Gasteiger partial charge in [-0.2, -0.15) is 5.10 Å². The molecule has 0 aliphatic carbocycles. The second-order valence-corrected chi connectivity index (χ2v) is 7.06. The molecule has 0 saturated carbocycles. The van der Waals surface area contributed by atoms with Crippen molar-refractivity contribution in [3.05, 3.63) is 59.8 Å². The number of aliphatic imine (C=N–C) groups is 1. The number of hydrogen-bond acceptors (Lipinski definition) is 5. The minimum atomic E-state index is 0.268. The highest BCUT2D eigenvalue weighted by Crippen LogP contribution is 2.35. The molecule has 5 rings (SSSR count). The Morgan fingerprint density at radius 1 is 1.00 bits per heavy atom. The van der Waals surface area contributed by atoms with Crippen molar-refractivity contribution in [1.29, 1.82) is 0 Å². The van der Waals surface area contributed by atoms with Gasteiger partial charge in [-0.3, -0.25) is 4.99 Å². The minimum Gasteiger partial charge on any atom is -0.454 e. The largest absolute Gasteiger partial charge is 0.454 e. The van der Waals surface area contributed by atoms with Gasteiger partial charge in [0.25, 0.3) is 0 Å². The first-order chi connectivity index (χ1) is 13.8. The van der Waals surface area contributed by atoms with E-state index >= 15 is 0 Å². The third-order valence-electron chi connectivity index (χ3n) is 5.19. The van der Waals surface area contributed by atoms with Crippen LogP contribution in [0.5, 0.6) is 11.5 Å². The highest BCUT2D eigenvalue weighted by atomic mass is 16.7. The Morgan fingerprint density at radius 3 is 2.61 bits per heavy atom. The first-order valence-corrected chi connectivity index (χ1v) is 9.63. The maximum atomic E-state index is 5.46. The molecule has 3 heterocycles. The SMILES string of the molecule is Cc1nn(-c2ccccc2)c(N2CCCC2)c1C=Nc1ccc2c(c1)OCO2. The smallest absolute Gasteiger partial charge is 0.231 e. The van der Waals surface area contributed by atoms with E-state index in [4.69, 9.17) is 19.6 Å². The highest BCUT2D eigenvalue weighted by Gasteiger charge is 2.23. The van der Waals surface area contributed by atoms with Crippen molar-refractivity contribution < 1.29 is 9.47 Å². The molecule has 0 spiro atoms. The van der Waals surface area contributed by atoms with Crippen LogP contribution in [0.2, 0.25) is 0 Å². The van der Waals surface area contributed by atoms with Gasteiger partial charge in [0.2, 0.25) is 6.79 Å². The number of rotatable bonds is 4. The lowest BCUT2D eigenvalue weighted by molar-refractivity contribution is 0.174. The fourth-order valence-corrected chi connectivity index (χ4v) is 3.77. The molecule has 1 aromatic heterocycles. The molecule has 0 unspecified atom stereocenters. The van der Waals surface area contributed by atoms with E-state index in [0.29, 0.717) is 0 Å². The number of aromatic nitrogens is 2. The zero-order chi connectivity index (χ0) is 18.9. The molecule has 0 amide bonds. The maximum absolute atomic E-state index is 5.46. The summed E-state index contributed by atoms with van der Waals surface area (Å²) in [4.78, 5) is 7.12. The first kappa shape index (κ1) is 16.9. The lowest BCUT2D eigenvalue weighted by Crippen LogP contribution is -2.22. The fourth-order valence-electron chi connectivity index (χ4n) is 3.77. The molecule has 0 N–H and O–H groups in total. The van der Waals surface area contributed by atoms with Crippen LogP contribution in [0.25, 0.3) is 5.69 Å². The predicted molar refractivity (Wildman–Crippen MR) is 110 cm³/mol. The summed E-state index contributed by atoms with van der Waals surface area (Å²) in [5, 5.41) is 4.83. The molecule has 0 bridgehead atoms. The molecule has 142 valence electrons. The number of anilines is 1. The molecule has 6 nitrogen and oxygen atoms in total. The van der Waals surface area contributed by atoms with Gasteiger partial charge in [0, 0.05) is 25.4 Å².